The van der Waals surface area contributed by atoms with Gasteiger partial charge in [0.1, 0.15) is 0 Å². The molecular formula is C9H7ClN2OS. The van der Waals surface area contributed by atoms with E-state index < -0.39 is 0 Å². The van der Waals surface area contributed by atoms with Crippen molar-refractivity contribution in [1.82, 2.24) is 0 Å². The molecule has 1 aromatic carbocycles. The summed E-state index contributed by atoms with van der Waals surface area (Å²) in [6, 6.07) is 7.00. The lowest BCUT2D eigenvalue weighted by molar-refractivity contribution is 0.265. The molecule has 14 heavy (non-hydrogen) atoms. The van der Waals surface area contributed by atoms with E-state index in [-0.39, 0.29) is 5.24 Å². The van der Waals surface area contributed by atoms with Crippen LogP contribution in [0, 0.1) is 0 Å². The number of carbonyl (C=O) groups excluding carboxylic acids is 1. The number of halogens is 1. The third kappa shape index (κ3) is 1.91. The van der Waals surface area contributed by atoms with Gasteiger partial charge >= 0.3 is 5.24 Å². The van der Waals surface area contributed by atoms with Crippen molar-refractivity contribution >= 4 is 40.5 Å². The highest BCUT2D eigenvalue weighted by Gasteiger charge is 2.17. The van der Waals surface area contributed by atoms with E-state index in [1.54, 1.807) is 30.5 Å². The summed E-state index contributed by atoms with van der Waals surface area (Å²) in [5, 5.41) is 5.96. The molecule has 0 radical (unpaired) electrons. The van der Waals surface area contributed by atoms with Crippen molar-refractivity contribution in [1.29, 1.82) is 0 Å². The van der Waals surface area contributed by atoms with Crippen molar-refractivity contribution < 1.29 is 4.79 Å². The molecule has 0 bridgehead atoms. The third-order valence-electron chi connectivity index (χ3n) is 1.72. The molecule has 1 aromatic rings. The van der Waals surface area contributed by atoms with Crippen LogP contribution in [0.5, 0.6) is 0 Å². The summed E-state index contributed by atoms with van der Waals surface area (Å²) in [4.78, 5) is 11.4. The molecule has 0 unspecified atom stereocenters. The Labute approximate surface area is 90.7 Å². The highest BCUT2D eigenvalue weighted by molar-refractivity contribution is 8.14. The highest BCUT2D eigenvalue weighted by Crippen LogP contribution is 2.23. The molecule has 72 valence electrons. The Balaban J connectivity index is 2.29. The first-order valence-corrected chi connectivity index (χ1v) is 5.38. The fraction of sp³-hybridized carbons (Fsp3) is 0.111. The van der Waals surface area contributed by atoms with Crippen molar-refractivity contribution in [3.05, 3.63) is 29.3 Å². The maximum absolute atomic E-state index is 11.4. The molecular weight excluding hydrogens is 220 g/mol. The Morgan fingerprint density at radius 1 is 1.36 bits per heavy atom. The van der Waals surface area contributed by atoms with Gasteiger partial charge in [0.05, 0.1) is 5.69 Å². The number of hydrogen-bond acceptors (Lipinski definition) is 3. The van der Waals surface area contributed by atoms with Gasteiger partial charge in [-0.3, -0.25) is 4.79 Å². The van der Waals surface area contributed by atoms with Gasteiger partial charge in [-0.1, -0.05) is 23.4 Å². The van der Waals surface area contributed by atoms with Crippen molar-refractivity contribution in [3.8, 4) is 0 Å². The quantitative estimate of drug-likeness (QED) is 0.738. The van der Waals surface area contributed by atoms with Crippen LogP contribution in [0.25, 0.3) is 0 Å². The van der Waals surface area contributed by atoms with E-state index in [1.807, 2.05) is 0 Å². The summed E-state index contributed by atoms with van der Waals surface area (Å²) < 4.78 is 0. The average Bonchev–Trinajstić information content (AvgIpc) is 2.20. The van der Waals surface area contributed by atoms with Crippen LogP contribution >= 0.6 is 23.4 Å². The molecule has 0 spiro atoms. The molecule has 1 aliphatic heterocycles. The second-order valence-electron chi connectivity index (χ2n) is 2.66. The summed E-state index contributed by atoms with van der Waals surface area (Å²) in [5.41, 5.74) is 0.739. The minimum atomic E-state index is -0.0603. The Morgan fingerprint density at radius 3 is 2.71 bits per heavy atom. The van der Waals surface area contributed by atoms with Crippen molar-refractivity contribution in [2.75, 3.05) is 10.8 Å². The molecule has 0 atom stereocenters. The van der Waals surface area contributed by atoms with Crippen LogP contribution in [0.1, 0.15) is 0 Å². The topological polar surface area (TPSA) is 32.7 Å². The predicted molar refractivity (Wildman–Crippen MR) is 60.3 cm³/mol. The largest absolute Gasteiger partial charge is 0.306 e. The van der Waals surface area contributed by atoms with Crippen molar-refractivity contribution in [2.45, 2.75) is 0 Å². The lowest BCUT2D eigenvalue weighted by atomic mass is 10.3. The first kappa shape index (κ1) is 9.55. The molecule has 3 nitrogen and oxygen atoms in total. The summed E-state index contributed by atoms with van der Waals surface area (Å²) in [6.45, 7) is 0. The maximum Gasteiger partial charge on any atom is 0.306 e. The zero-order valence-electron chi connectivity index (χ0n) is 7.18. The van der Waals surface area contributed by atoms with Crippen LogP contribution in [0.15, 0.2) is 29.4 Å². The van der Waals surface area contributed by atoms with Crippen LogP contribution < -0.4 is 5.01 Å². The molecule has 0 saturated carbocycles. The van der Waals surface area contributed by atoms with E-state index in [0.717, 1.165) is 5.69 Å². The number of carbonyl (C=O) groups is 1. The summed E-state index contributed by atoms with van der Waals surface area (Å²) in [5.74, 6) is 0.642. The van der Waals surface area contributed by atoms with Gasteiger partial charge < -0.3 is 0 Å². The first-order valence-electron chi connectivity index (χ1n) is 4.02. The minimum Gasteiger partial charge on any atom is -0.259 e. The van der Waals surface area contributed by atoms with Gasteiger partial charge in [0.25, 0.3) is 0 Å². The smallest absolute Gasteiger partial charge is 0.259 e. The average molecular weight is 227 g/mol. The molecule has 0 saturated heterocycles. The van der Waals surface area contributed by atoms with Crippen molar-refractivity contribution in [2.24, 2.45) is 5.10 Å². The molecule has 0 aliphatic carbocycles. The zero-order valence-corrected chi connectivity index (χ0v) is 8.76. The number of thioether (sulfide) groups is 1. The van der Waals surface area contributed by atoms with E-state index >= 15 is 0 Å². The standard InChI is InChI=1S/C9H7ClN2OS/c10-7-1-3-8(4-2-7)12-9(13)14-6-5-11-12/h1-5H,6H2. The summed E-state index contributed by atoms with van der Waals surface area (Å²) in [6.07, 6.45) is 1.71. The fourth-order valence-corrected chi connectivity index (χ4v) is 1.77. The van der Waals surface area contributed by atoms with Crippen LogP contribution in [0.3, 0.4) is 0 Å². The Hall–Kier alpha value is -1.00. The predicted octanol–water partition coefficient (Wildman–Crippen LogP) is 3.00. The Morgan fingerprint density at radius 2 is 2.07 bits per heavy atom. The van der Waals surface area contributed by atoms with E-state index in [2.05, 4.69) is 5.10 Å². The Kier molecular flexibility index (Phi) is 2.74. The number of hydrazone groups is 1. The molecule has 1 amide bonds. The molecule has 0 N–H and O–H groups in total. The van der Waals surface area contributed by atoms with E-state index in [9.17, 15) is 4.79 Å². The monoisotopic (exact) mass is 226 g/mol. The zero-order chi connectivity index (χ0) is 9.97. The van der Waals surface area contributed by atoms with Crippen LogP contribution in [-0.2, 0) is 0 Å². The van der Waals surface area contributed by atoms with Gasteiger partial charge in [-0.05, 0) is 24.3 Å². The summed E-state index contributed by atoms with van der Waals surface area (Å²) in [7, 11) is 0. The van der Waals surface area contributed by atoms with Gasteiger partial charge in [-0.15, -0.1) is 0 Å². The molecule has 0 fully saturated rings. The van der Waals surface area contributed by atoms with Gasteiger partial charge in [0.2, 0.25) is 0 Å². The number of hydrogen-bond donors (Lipinski definition) is 0. The number of nitrogens with zero attached hydrogens (tertiary/aromatic N) is 2. The van der Waals surface area contributed by atoms with Gasteiger partial charge in [0.15, 0.2) is 0 Å². The lowest BCUT2D eigenvalue weighted by Gasteiger charge is -2.18. The minimum absolute atomic E-state index is 0.0603. The molecule has 1 aliphatic rings. The molecule has 1 heterocycles. The van der Waals surface area contributed by atoms with Crippen LogP contribution in [0.4, 0.5) is 10.5 Å². The number of anilines is 1. The van der Waals surface area contributed by atoms with E-state index in [4.69, 9.17) is 11.6 Å². The molecule has 5 heteroatoms. The Bertz CT molecular complexity index is 377. The third-order valence-corrected chi connectivity index (χ3v) is 2.71. The molecule has 0 aromatic heterocycles. The second-order valence-corrected chi connectivity index (χ2v) is 4.07. The number of rotatable bonds is 1. The normalized spacial score (nSPS) is 16.1. The van der Waals surface area contributed by atoms with Crippen LogP contribution in [0.2, 0.25) is 5.02 Å². The van der Waals surface area contributed by atoms with Crippen LogP contribution in [-0.4, -0.2) is 17.2 Å². The SMILES string of the molecule is O=C1SCC=NN1c1ccc(Cl)cc1. The summed E-state index contributed by atoms with van der Waals surface area (Å²) >= 11 is 6.97. The van der Waals surface area contributed by atoms with E-state index in [0.29, 0.717) is 10.8 Å². The molecule has 2 rings (SSSR count). The lowest BCUT2D eigenvalue weighted by Crippen LogP contribution is -2.24. The van der Waals surface area contributed by atoms with Crippen molar-refractivity contribution in [3.63, 3.8) is 0 Å². The number of amides is 1. The number of benzene rings is 1. The highest BCUT2D eigenvalue weighted by atomic mass is 35.5. The maximum atomic E-state index is 11.4. The van der Waals surface area contributed by atoms with Gasteiger partial charge in [-0.2, -0.15) is 10.1 Å². The second kappa shape index (κ2) is 4.02. The van der Waals surface area contributed by atoms with Gasteiger partial charge in [0, 0.05) is 17.0 Å². The fourth-order valence-electron chi connectivity index (χ4n) is 1.09. The first-order chi connectivity index (χ1) is 6.77. The van der Waals surface area contributed by atoms with Gasteiger partial charge in [-0.25, -0.2) is 0 Å². The van der Waals surface area contributed by atoms with E-state index in [1.165, 1.54) is 16.8 Å².